The number of hydrogen-bond donors (Lipinski definition) is 3. The molecule has 132 valence electrons. The van der Waals surface area contributed by atoms with Crippen molar-refractivity contribution in [2.45, 2.75) is 45.1 Å². The van der Waals surface area contributed by atoms with Gasteiger partial charge in [-0.3, -0.25) is 9.59 Å². The van der Waals surface area contributed by atoms with E-state index in [4.69, 9.17) is 0 Å². The Balaban J connectivity index is 2.46. The van der Waals surface area contributed by atoms with Crippen LogP contribution < -0.4 is 10.6 Å². The van der Waals surface area contributed by atoms with Crippen LogP contribution in [0.4, 0.5) is 10.1 Å². The molecule has 0 unspecified atom stereocenters. The van der Waals surface area contributed by atoms with Crippen LogP contribution in [0.1, 0.15) is 39.5 Å². The smallest absolute Gasteiger partial charge is 0.248 e. The van der Waals surface area contributed by atoms with Gasteiger partial charge >= 0.3 is 0 Å². The third-order valence-corrected chi connectivity index (χ3v) is 3.52. The van der Waals surface area contributed by atoms with E-state index in [1.54, 1.807) is 0 Å². The van der Waals surface area contributed by atoms with Crippen molar-refractivity contribution in [3.63, 3.8) is 0 Å². The number of halogens is 1. The Morgan fingerprint density at radius 3 is 2.17 bits per heavy atom. The Labute approximate surface area is 142 Å². The SMILES string of the molecule is CCCC(O)(CCC)CNC(=O)/C=C/C(=O)Nc1ccc(F)cc1. The van der Waals surface area contributed by atoms with Crippen LogP contribution in [-0.2, 0) is 9.59 Å². The first-order chi connectivity index (χ1) is 11.4. The van der Waals surface area contributed by atoms with Crippen molar-refractivity contribution in [3.05, 3.63) is 42.2 Å². The number of carbonyl (C=O) groups excluding carboxylic acids is 2. The summed E-state index contributed by atoms with van der Waals surface area (Å²) in [6.07, 6.45) is 5.06. The van der Waals surface area contributed by atoms with E-state index in [0.29, 0.717) is 18.5 Å². The number of nitrogens with one attached hydrogen (secondary N) is 2. The van der Waals surface area contributed by atoms with Gasteiger partial charge in [-0.15, -0.1) is 0 Å². The summed E-state index contributed by atoms with van der Waals surface area (Å²) < 4.78 is 12.8. The van der Waals surface area contributed by atoms with Gasteiger partial charge in [0.25, 0.3) is 0 Å². The number of carbonyl (C=O) groups is 2. The monoisotopic (exact) mass is 336 g/mol. The van der Waals surface area contributed by atoms with E-state index >= 15 is 0 Å². The quantitative estimate of drug-likeness (QED) is 0.607. The summed E-state index contributed by atoms with van der Waals surface area (Å²) in [6.45, 7) is 4.10. The molecule has 2 amide bonds. The number of anilines is 1. The third-order valence-electron chi connectivity index (χ3n) is 3.52. The molecular formula is C18H25FN2O3. The van der Waals surface area contributed by atoms with E-state index in [0.717, 1.165) is 25.0 Å². The van der Waals surface area contributed by atoms with Crippen molar-refractivity contribution in [3.8, 4) is 0 Å². The van der Waals surface area contributed by atoms with E-state index in [9.17, 15) is 19.1 Å². The zero-order chi connectivity index (χ0) is 18.0. The summed E-state index contributed by atoms with van der Waals surface area (Å²) >= 11 is 0. The van der Waals surface area contributed by atoms with Crippen molar-refractivity contribution in [2.24, 2.45) is 0 Å². The molecule has 0 saturated carbocycles. The Bertz CT molecular complexity index is 564. The van der Waals surface area contributed by atoms with Gasteiger partial charge in [-0.25, -0.2) is 4.39 Å². The molecule has 3 N–H and O–H groups in total. The molecule has 0 spiro atoms. The first-order valence-corrected chi connectivity index (χ1v) is 8.13. The molecule has 0 heterocycles. The van der Waals surface area contributed by atoms with Crippen LogP contribution in [0.3, 0.4) is 0 Å². The molecule has 1 rings (SSSR count). The molecule has 0 fully saturated rings. The van der Waals surface area contributed by atoms with Crippen LogP contribution in [0.5, 0.6) is 0 Å². The molecule has 0 aliphatic heterocycles. The van der Waals surface area contributed by atoms with Gasteiger partial charge in [0, 0.05) is 24.4 Å². The summed E-state index contributed by atoms with van der Waals surface area (Å²) in [5.41, 5.74) is -0.477. The topological polar surface area (TPSA) is 78.4 Å². The van der Waals surface area contributed by atoms with Crippen LogP contribution in [0.2, 0.25) is 0 Å². The molecular weight excluding hydrogens is 311 g/mol. The van der Waals surface area contributed by atoms with Gasteiger partial charge < -0.3 is 15.7 Å². The second-order valence-corrected chi connectivity index (χ2v) is 5.77. The standard InChI is InChI=1S/C18H25FN2O3/c1-3-11-18(24,12-4-2)13-20-16(22)9-10-17(23)21-15-7-5-14(19)6-8-15/h5-10,24H,3-4,11-13H2,1-2H3,(H,20,22)(H,21,23)/b10-9+. The second kappa shape index (κ2) is 9.82. The van der Waals surface area contributed by atoms with Gasteiger partial charge in [0.15, 0.2) is 0 Å². The zero-order valence-electron chi connectivity index (χ0n) is 14.1. The minimum absolute atomic E-state index is 0.150. The molecule has 0 atom stereocenters. The van der Waals surface area contributed by atoms with Crippen LogP contribution in [-0.4, -0.2) is 29.1 Å². The number of aliphatic hydroxyl groups is 1. The molecule has 0 aliphatic carbocycles. The molecule has 0 radical (unpaired) electrons. The molecule has 0 saturated heterocycles. The third kappa shape index (κ3) is 7.37. The Morgan fingerprint density at radius 2 is 1.62 bits per heavy atom. The lowest BCUT2D eigenvalue weighted by Crippen LogP contribution is -2.42. The fourth-order valence-corrected chi connectivity index (χ4v) is 2.41. The van der Waals surface area contributed by atoms with Gasteiger partial charge in [-0.2, -0.15) is 0 Å². The van der Waals surface area contributed by atoms with Crippen molar-refractivity contribution in [2.75, 3.05) is 11.9 Å². The maximum absolute atomic E-state index is 12.8. The van der Waals surface area contributed by atoms with Gasteiger partial charge in [-0.05, 0) is 37.1 Å². The predicted molar refractivity (Wildman–Crippen MR) is 91.9 cm³/mol. The molecule has 5 nitrogen and oxygen atoms in total. The summed E-state index contributed by atoms with van der Waals surface area (Å²) in [4.78, 5) is 23.4. The van der Waals surface area contributed by atoms with E-state index in [-0.39, 0.29) is 6.54 Å². The van der Waals surface area contributed by atoms with E-state index < -0.39 is 23.2 Å². The van der Waals surface area contributed by atoms with Crippen LogP contribution in [0.25, 0.3) is 0 Å². The van der Waals surface area contributed by atoms with Crippen molar-refractivity contribution in [1.29, 1.82) is 0 Å². The van der Waals surface area contributed by atoms with Crippen molar-refractivity contribution < 1.29 is 19.1 Å². The lowest BCUT2D eigenvalue weighted by molar-refractivity contribution is -0.118. The largest absolute Gasteiger partial charge is 0.388 e. The summed E-state index contributed by atoms with van der Waals surface area (Å²) in [7, 11) is 0. The number of rotatable bonds is 9. The summed E-state index contributed by atoms with van der Waals surface area (Å²) in [5.74, 6) is -1.33. The maximum atomic E-state index is 12.8. The van der Waals surface area contributed by atoms with Crippen LogP contribution >= 0.6 is 0 Å². The zero-order valence-corrected chi connectivity index (χ0v) is 14.1. The Hall–Kier alpha value is -2.21. The highest BCUT2D eigenvalue weighted by atomic mass is 19.1. The lowest BCUT2D eigenvalue weighted by Gasteiger charge is -2.27. The van der Waals surface area contributed by atoms with Crippen LogP contribution in [0.15, 0.2) is 36.4 Å². The Kier molecular flexibility index (Phi) is 8.12. The van der Waals surface area contributed by atoms with Gasteiger partial charge in [-0.1, -0.05) is 26.7 Å². The first kappa shape index (κ1) is 19.8. The average molecular weight is 336 g/mol. The van der Waals surface area contributed by atoms with E-state index in [1.807, 2.05) is 13.8 Å². The highest BCUT2D eigenvalue weighted by molar-refractivity contribution is 6.03. The van der Waals surface area contributed by atoms with Gasteiger partial charge in [0.05, 0.1) is 5.60 Å². The fraction of sp³-hybridized carbons (Fsp3) is 0.444. The maximum Gasteiger partial charge on any atom is 0.248 e. The molecule has 1 aromatic rings. The number of benzene rings is 1. The highest BCUT2D eigenvalue weighted by Crippen LogP contribution is 2.18. The molecule has 0 aromatic heterocycles. The summed E-state index contributed by atoms with van der Waals surface area (Å²) in [6, 6.07) is 5.32. The first-order valence-electron chi connectivity index (χ1n) is 8.13. The van der Waals surface area contributed by atoms with E-state index in [1.165, 1.54) is 24.3 Å². The molecule has 0 aliphatic rings. The van der Waals surface area contributed by atoms with Gasteiger partial charge in [0.2, 0.25) is 11.8 Å². The molecule has 6 heteroatoms. The molecule has 1 aromatic carbocycles. The normalized spacial score (nSPS) is 11.5. The lowest BCUT2D eigenvalue weighted by atomic mass is 9.92. The minimum atomic E-state index is -0.913. The van der Waals surface area contributed by atoms with E-state index in [2.05, 4.69) is 10.6 Å². The molecule has 0 bridgehead atoms. The van der Waals surface area contributed by atoms with Gasteiger partial charge in [0.1, 0.15) is 5.82 Å². The second-order valence-electron chi connectivity index (χ2n) is 5.77. The van der Waals surface area contributed by atoms with Crippen LogP contribution in [0, 0.1) is 5.82 Å². The highest BCUT2D eigenvalue weighted by Gasteiger charge is 2.24. The minimum Gasteiger partial charge on any atom is -0.388 e. The summed E-state index contributed by atoms with van der Waals surface area (Å²) in [5, 5.41) is 15.5. The molecule has 24 heavy (non-hydrogen) atoms. The fourth-order valence-electron chi connectivity index (χ4n) is 2.41. The van der Waals surface area contributed by atoms with Crippen molar-refractivity contribution in [1.82, 2.24) is 5.32 Å². The Morgan fingerprint density at radius 1 is 1.08 bits per heavy atom. The predicted octanol–water partition coefficient (Wildman–Crippen LogP) is 2.77. The van der Waals surface area contributed by atoms with Crippen molar-refractivity contribution >= 4 is 17.5 Å². The number of hydrogen-bond acceptors (Lipinski definition) is 3. The number of amides is 2. The average Bonchev–Trinajstić information content (AvgIpc) is 2.54.